The summed E-state index contributed by atoms with van der Waals surface area (Å²) in [6.45, 7) is 3.33. The van der Waals surface area contributed by atoms with Gasteiger partial charge in [-0.3, -0.25) is 9.59 Å². The van der Waals surface area contributed by atoms with Crippen molar-refractivity contribution in [3.63, 3.8) is 0 Å². The third-order valence-corrected chi connectivity index (χ3v) is 7.28. The Labute approximate surface area is 199 Å². The number of carbonyl (C=O) groups is 2. The Bertz CT molecular complexity index is 1280. The Morgan fingerprint density at radius 3 is 2.68 bits per heavy atom. The number of benzene rings is 1. The van der Waals surface area contributed by atoms with Crippen molar-refractivity contribution in [2.45, 2.75) is 57.3 Å². The van der Waals surface area contributed by atoms with Crippen molar-refractivity contribution in [2.24, 2.45) is 5.73 Å². The van der Waals surface area contributed by atoms with Gasteiger partial charge in [0.1, 0.15) is 34.6 Å². The fourth-order valence-corrected chi connectivity index (χ4v) is 5.12. The number of hydrogen-bond acceptors (Lipinski definition) is 8. The summed E-state index contributed by atoms with van der Waals surface area (Å²) in [7, 11) is 0. The smallest absolute Gasteiger partial charge is 0.261 e. The number of aryl methyl sites for hydroxylation is 1. The highest BCUT2D eigenvalue weighted by molar-refractivity contribution is 7.20. The van der Waals surface area contributed by atoms with Crippen molar-refractivity contribution in [2.75, 3.05) is 5.32 Å². The monoisotopic (exact) mass is 484 g/mol. The summed E-state index contributed by atoms with van der Waals surface area (Å²) in [4.78, 5) is 33.9. The van der Waals surface area contributed by atoms with Crippen LogP contribution in [0.3, 0.4) is 0 Å². The Kier molecular flexibility index (Phi) is 5.82. The lowest BCUT2D eigenvalue weighted by atomic mass is 9.89. The van der Waals surface area contributed by atoms with E-state index in [0.717, 1.165) is 17.4 Å². The minimum absolute atomic E-state index is 0.0106. The fraction of sp³-hybridized carbons (Fsp3) is 0.391. The van der Waals surface area contributed by atoms with Crippen LogP contribution in [-0.4, -0.2) is 46.0 Å². The van der Waals surface area contributed by atoms with Crippen molar-refractivity contribution >= 4 is 44.9 Å². The van der Waals surface area contributed by atoms with Crippen LogP contribution in [-0.2, 0) is 4.79 Å². The van der Waals surface area contributed by atoms with E-state index in [1.807, 2.05) is 6.92 Å². The molecule has 0 unspecified atom stereocenters. The Balaban J connectivity index is 1.38. The Morgan fingerprint density at radius 1 is 1.21 bits per heavy atom. The van der Waals surface area contributed by atoms with E-state index in [2.05, 4.69) is 25.9 Å². The minimum Gasteiger partial charge on any atom is -0.488 e. The fourth-order valence-electron chi connectivity index (χ4n) is 4.07. The van der Waals surface area contributed by atoms with E-state index in [1.54, 1.807) is 6.07 Å². The van der Waals surface area contributed by atoms with Gasteiger partial charge in [-0.05, 0) is 31.0 Å². The summed E-state index contributed by atoms with van der Waals surface area (Å²) < 4.78 is 20.0. The van der Waals surface area contributed by atoms with Crippen molar-refractivity contribution in [3.05, 3.63) is 40.8 Å². The first-order valence-corrected chi connectivity index (χ1v) is 11.9. The lowest BCUT2D eigenvalue weighted by Crippen LogP contribution is -2.48. The molecule has 0 radical (unpaired) electrons. The van der Waals surface area contributed by atoms with Gasteiger partial charge >= 0.3 is 0 Å². The van der Waals surface area contributed by atoms with Crippen molar-refractivity contribution in [3.8, 4) is 5.75 Å². The SMILES string of the molecule is CC(=O)NC1CC(Oc2cc(F)ccc2Nc2ncnc3sc(C(=O)N[C@H]4C[C@@H]4N)c(C)c23)C1. The van der Waals surface area contributed by atoms with E-state index in [-0.39, 0.29) is 36.0 Å². The van der Waals surface area contributed by atoms with E-state index in [1.165, 1.54) is 36.7 Å². The van der Waals surface area contributed by atoms with Gasteiger partial charge in [0.2, 0.25) is 5.91 Å². The highest BCUT2D eigenvalue weighted by Crippen LogP contribution is 2.38. The van der Waals surface area contributed by atoms with E-state index >= 15 is 0 Å². The molecule has 34 heavy (non-hydrogen) atoms. The molecule has 2 aliphatic carbocycles. The van der Waals surface area contributed by atoms with Crippen LogP contribution >= 0.6 is 11.3 Å². The first-order chi connectivity index (χ1) is 16.3. The number of carbonyl (C=O) groups excluding carboxylic acids is 2. The largest absolute Gasteiger partial charge is 0.488 e. The van der Waals surface area contributed by atoms with Gasteiger partial charge in [-0.2, -0.15) is 0 Å². The number of nitrogens with zero attached hydrogens (tertiary/aromatic N) is 2. The maximum atomic E-state index is 14.0. The van der Waals surface area contributed by atoms with Crippen LogP contribution in [0.2, 0.25) is 0 Å². The third kappa shape index (κ3) is 4.53. The van der Waals surface area contributed by atoms with Crippen LogP contribution in [0, 0.1) is 12.7 Å². The molecule has 0 bridgehead atoms. The van der Waals surface area contributed by atoms with Gasteiger partial charge in [0.15, 0.2) is 0 Å². The van der Waals surface area contributed by atoms with Crippen LogP contribution in [0.15, 0.2) is 24.5 Å². The van der Waals surface area contributed by atoms with E-state index in [0.29, 0.717) is 39.8 Å². The molecule has 9 nitrogen and oxygen atoms in total. The molecular weight excluding hydrogens is 459 g/mol. The van der Waals surface area contributed by atoms with Crippen molar-refractivity contribution < 1.29 is 18.7 Å². The first kappa shape index (κ1) is 22.5. The molecule has 0 saturated heterocycles. The standard InChI is InChI=1S/C23H25FN6O3S/c1-10-19-21(26-9-27-23(19)34-20(10)22(32)30-17-8-15(17)25)29-16-4-3-12(24)5-18(16)33-14-6-13(7-14)28-11(2)31/h3-5,9,13-15,17H,6-8,25H2,1-2H3,(H,28,31)(H,30,32)(H,26,27,29)/t13?,14?,15-,17-/m0/s1. The minimum atomic E-state index is -0.421. The zero-order chi connectivity index (χ0) is 24.0. The number of aromatic nitrogens is 2. The number of hydrogen-bond donors (Lipinski definition) is 4. The van der Waals surface area contributed by atoms with Gasteiger partial charge in [0.25, 0.3) is 5.91 Å². The van der Waals surface area contributed by atoms with Crippen LogP contribution < -0.4 is 26.4 Å². The maximum Gasteiger partial charge on any atom is 0.261 e. The molecule has 0 spiro atoms. The number of nitrogens with one attached hydrogen (secondary N) is 3. The normalized spacial score (nSPS) is 23.2. The van der Waals surface area contributed by atoms with Gasteiger partial charge in [-0.15, -0.1) is 11.3 Å². The molecule has 2 heterocycles. The third-order valence-electron chi connectivity index (χ3n) is 6.08. The van der Waals surface area contributed by atoms with E-state index < -0.39 is 5.82 Å². The van der Waals surface area contributed by atoms with Crippen LogP contribution in [0.1, 0.15) is 41.4 Å². The van der Waals surface area contributed by atoms with Crippen LogP contribution in [0.25, 0.3) is 10.2 Å². The second kappa shape index (κ2) is 8.80. The molecule has 3 aromatic rings. The zero-order valence-corrected chi connectivity index (χ0v) is 19.5. The molecule has 1 aromatic carbocycles. The summed E-state index contributed by atoms with van der Waals surface area (Å²) in [5.74, 6) is 0.182. The van der Waals surface area contributed by atoms with Crippen molar-refractivity contribution in [1.82, 2.24) is 20.6 Å². The number of amides is 2. The molecule has 2 aromatic heterocycles. The number of anilines is 2. The van der Waals surface area contributed by atoms with Gasteiger partial charge in [-0.25, -0.2) is 14.4 Å². The summed E-state index contributed by atoms with van der Waals surface area (Å²) in [5.41, 5.74) is 7.12. The summed E-state index contributed by atoms with van der Waals surface area (Å²) in [6.07, 6.45) is 3.38. The lowest BCUT2D eigenvalue weighted by molar-refractivity contribution is -0.120. The summed E-state index contributed by atoms with van der Waals surface area (Å²) >= 11 is 1.29. The molecular formula is C23H25FN6O3S. The average Bonchev–Trinajstić information content (AvgIpc) is 3.33. The molecule has 2 atom stereocenters. The molecule has 178 valence electrons. The number of fused-ring (bicyclic) bond motifs is 1. The predicted molar refractivity (Wildman–Crippen MR) is 127 cm³/mol. The topological polar surface area (TPSA) is 131 Å². The number of halogens is 1. The van der Waals surface area contributed by atoms with Gasteiger partial charge in [0.05, 0.1) is 16.0 Å². The molecule has 2 aliphatic rings. The quantitative estimate of drug-likeness (QED) is 0.406. The van der Waals surface area contributed by atoms with Crippen LogP contribution in [0.4, 0.5) is 15.9 Å². The highest BCUT2D eigenvalue weighted by Gasteiger charge is 2.36. The highest BCUT2D eigenvalue weighted by atomic mass is 32.1. The molecule has 2 fully saturated rings. The van der Waals surface area contributed by atoms with Crippen LogP contribution in [0.5, 0.6) is 5.75 Å². The number of nitrogens with two attached hydrogens (primary N) is 1. The van der Waals surface area contributed by atoms with Gasteiger partial charge in [-0.1, -0.05) is 0 Å². The molecule has 0 aliphatic heterocycles. The summed E-state index contributed by atoms with van der Waals surface area (Å²) in [5, 5.41) is 9.76. The second-order valence-electron chi connectivity index (χ2n) is 8.81. The molecule has 2 saturated carbocycles. The Hall–Kier alpha value is -3.31. The second-order valence-corrected chi connectivity index (χ2v) is 9.81. The molecule has 11 heteroatoms. The van der Waals surface area contributed by atoms with E-state index in [4.69, 9.17) is 10.5 Å². The first-order valence-electron chi connectivity index (χ1n) is 11.1. The number of thiophene rings is 1. The maximum absolute atomic E-state index is 14.0. The number of ether oxygens (including phenoxy) is 1. The molecule has 5 N–H and O–H groups in total. The zero-order valence-electron chi connectivity index (χ0n) is 18.7. The van der Waals surface area contributed by atoms with E-state index in [9.17, 15) is 14.0 Å². The summed E-state index contributed by atoms with van der Waals surface area (Å²) in [6, 6.07) is 4.34. The van der Waals surface area contributed by atoms with Crippen molar-refractivity contribution in [1.29, 1.82) is 0 Å². The van der Waals surface area contributed by atoms with Gasteiger partial charge in [0, 0.05) is 44.0 Å². The predicted octanol–water partition coefficient (Wildman–Crippen LogP) is 2.76. The number of rotatable bonds is 7. The molecule has 2 amide bonds. The average molecular weight is 485 g/mol. The lowest BCUT2D eigenvalue weighted by Gasteiger charge is -2.36. The van der Waals surface area contributed by atoms with Gasteiger partial charge < -0.3 is 26.4 Å². The molecule has 5 rings (SSSR count). The Morgan fingerprint density at radius 2 is 1.97 bits per heavy atom.